The van der Waals surface area contributed by atoms with E-state index >= 15 is 0 Å². The van der Waals surface area contributed by atoms with Crippen LogP contribution in [0.15, 0.2) is 36.4 Å². The quantitative estimate of drug-likeness (QED) is 0.552. The fraction of sp³-hybridized carbons (Fsp3) is 0.267. The molecular weight excluding hydrogens is 322 g/mol. The lowest BCUT2D eigenvalue weighted by atomic mass is 10.0. The molecule has 2 atom stereocenters. The summed E-state index contributed by atoms with van der Waals surface area (Å²) in [6.45, 7) is 1.17. The van der Waals surface area contributed by atoms with Gasteiger partial charge in [0, 0.05) is 11.1 Å². The molecule has 0 aliphatic carbocycles. The molecule has 0 saturated heterocycles. The molecule has 0 fully saturated rings. The van der Waals surface area contributed by atoms with Crippen molar-refractivity contribution in [3.8, 4) is 0 Å². The van der Waals surface area contributed by atoms with Gasteiger partial charge in [-0.3, -0.25) is 10.1 Å². The first-order valence-electron chi connectivity index (χ1n) is 6.85. The Hall–Kier alpha value is -2.22. The fourth-order valence-electron chi connectivity index (χ4n) is 2.13. The van der Waals surface area contributed by atoms with Crippen molar-refractivity contribution in [1.82, 2.24) is 4.98 Å². The van der Waals surface area contributed by atoms with Gasteiger partial charge in [0.05, 0.1) is 17.6 Å². The van der Waals surface area contributed by atoms with E-state index in [1.165, 1.54) is 19.1 Å². The molecule has 8 heteroatoms. The van der Waals surface area contributed by atoms with E-state index < -0.39 is 17.1 Å². The van der Waals surface area contributed by atoms with Crippen molar-refractivity contribution < 1.29 is 15.1 Å². The molecule has 0 bridgehead atoms. The summed E-state index contributed by atoms with van der Waals surface area (Å²) in [7, 11) is 0. The smallest absolute Gasteiger partial charge is 0.290 e. The highest BCUT2D eigenvalue weighted by Gasteiger charge is 2.21. The van der Waals surface area contributed by atoms with Crippen LogP contribution >= 0.6 is 11.6 Å². The largest absolute Gasteiger partial charge is 0.394 e. The standard InChI is InChI=1S/C15H16ClN3O4/c1-9-13(19(22)23)6-7-14(17-9)18-12(8-20)15(21)10-2-4-11(16)5-3-10/h2-7,12,15,20-21H,8H2,1H3,(H,17,18)/t12-,15-/m0/s1. The SMILES string of the molecule is Cc1nc(N[C@@H](CO)[C@@H](O)c2ccc(Cl)cc2)ccc1[N+](=O)[O-]. The number of nitrogens with zero attached hydrogens (tertiary/aromatic N) is 2. The number of hydrogen-bond acceptors (Lipinski definition) is 6. The first kappa shape index (κ1) is 17.1. The van der Waals surface area contributed by atoms with E-state index in [0.29, 0.717) is 16.4 Å². The minimum Gasteiger partial charge on any atom is -0.394 e. The van der Waals surface area contributed by atoms with Crippen LogP contribution in [0.5, 0.6) is 0 Å². The highest BCUT2D eigenvalue weighted by Crippen LogP contribution is 2.23. The number of aryl methyl sites for hydroxylation is 1. The average Bonchev–Trinajstić information content (AvgIpc) is 2.52. The molecular formula is C15H16ClN3O4. The predicted octanol–water partition coefficient (Wildman–Crippen LogP) is 2.46. The Labute approximate surface area is 137 Å². The molecule has 122 valence electrons. The molecule has 0 aliphatic heterocycles. The maximum atomic E-state index is 10.8. The maximum Gasteiger partial charge on any atom is 0.290 e. The minimum atomic E-state index is -0.991. The Balaban J connectivity index is 2.17. The zero-order chi connectivity index (χ0) is 17.0. The lowest BCUT2D eigenvalue weighted by Crippen LogP contribution is -2.31. The van der Waals surface area contributed by atoms with E-state index in [9.17, 15) is 20.3 Å². The van der Waals surface area contributed by atoms with Crippen LogP contribution in [0.25, 0.3) is 0 Å². The molecule has 1 heterocycles. The number of pyridine rings is 1. The minimum absolute atomic E-state index is 0.0886. The number of hydrogen-bond donors (Lipinski definition) is 3. The van der Waals surface area contributed by atoms with Gasteiger partial charge in [0.25, 0.3) is 5.69 Å². The van der Waals surface area contributed by atoms with Gasteiger partial charge in [-0.1, -0.05) is 23.7 Å². The van der Waals surface area contributed by atoms with Crippen molar-refractivity contribution in [2.75, 3.05) is 11.9 Å². The van der Waals surface area contributed by atoms with Gasteiger partial charge in [0.1, 0.15) is 17.6 Å². The maximum absolute atomic E-state index is 10.8. The van der Waals surface area contributed by atoms with E-state index in [0.717, 1.165) is 0 Å². The molecule has 0 saturated carbocycles. The predicted molar refractivity (Wildman–Crippen MR) is 86.5 cm³/mol. The van der Waals surface area contributed by atoms with Gasteiger partial charge in [-0.15, -0.1) is 0 Å². The number of nitro groups is 1. The summed E-state index contributed by atoms with van der Waals surface area (Å²) in [6.07, 6.45) is -0.991. The number of benzene rings is 1. The van der Waals surface area contributed by atoms with Gasteiger partial charge in [0.2, 0.25) is 0 Å². The van der Waals surface area contributed by atoms with E-state index in [4.69, 9.17) is 11.6 Å². The first-order chi connectivity index (χ1) is 10.9. The summed E-state index contributed by atoms with van der Waals surface area (Å²) in [5, 5.41) is 34.1. The molecule has 0 amide bonds. The highest BCUT2D eigenvalue weighted by atomic mass is 35.5. The number of anilines is 1. The van der Waals surface area contributed by atoms with Crippen LogP contribution in [0, 0.1) is 17.0 Å². The summed E-state index contributed by atoms with van der Waals surface area (Å²) >= 11 is 5.81. The van der Waals surface area contributed by atoms with Crippen LogP contribution < -0.4 is 5.32 Å². The van der Waals surface area contributed by atoms with Crippen LogP contribution in [-0.4, -0.2) is 32.8 Å². The second-order valence-electron chi connectivity index (χ2n) is 4.99. The van der Waals surface area contributed by atoms with Crippen molar-refractivity contribution in [3.05, 3.63) is 62.8 Å². The third-order valence-corrected chi connectivity index (χ3v) is 3.63. The summed E-state index contributed by atoms with van der Waals surface area (Å²) in [5.41, 5.74) is 0.742. The van der Waals surface area contributed by atoms with Gasteiger partial charge in [-0.25, -0.2) is 4.98 Å². The zero-order valence-corrected chi connectivity index (χ0v) is 13.1. The third kappa shape index (κ3) is 4.16. The van der Waals surface area contributed by atoms with Crippen molar-refractivity contribution in [1.29, 1.82) is 0 Å². The topological polar surface area (TPSA) is 109 Å². The van der Waals surface area contributed by atoms with Gasteiger partial charge in [0.15, 0.2) is 0 Å². The van der Waals surface area contributed by atoms with Gasteiger partial charge in [-0.05, 0) is 30.7 Å². The summed E-state index contributed by atoms with van der Waals surface area (Å²) < 4.78 is 0. The van der Waals surface area contributed by atoms with Crippen molar-refractivity contribution >= 4 is 23.1 Å². The van der Waals surface area contributed by atoms with Crippen molar-refractivity contribution in [2.24, 2.45) is 0 Å². The van der Waals surface area contributed by atoms with Crippen molar-refractivity contribution in [2.45, 2.75) is 19.1 Å². The van der Waals surface area contributed by atoms with Gasteiger partial charge >= 0.3 is 0 Å². The summed E-state index contributed by atoms with van der Waals surface area (Å²) in [5.74, 6) is 0.333. The molecule has 3 N–H and O–H groups in total. The molecule has 0 spiro atoms. The lowest BCUT2D eigenvalue weighted by Gasteiger charge is -2.23. The molecule has 1 aromatic heterocycles. The highest BCUT2D eigenvalue weighted by molar-refractivity contribution is 6.30. The second kappa shape index (κ2) is 7.36. The Bertz CT molecular complexity index is 694. The van der Waals surface area contributed by atoms with Crippen LogP contribution in [0.2, 0.25) is 5.02 Å². The molecule has 0 radical (unpaired) electrons. The number of aliphatic hydroxyl groups is 2. The van der Waals surface area contributed by atoms with Crippen LogP contribution in [-0.2, 0) is 0 Å². The zero-order valence-electron chi connectivity index (χ0n) is 12.3. The number of nitrogens with one attached hydrogen (secondary N) is 1. The molecule has 1 aromatic carbocycles. The molecule has 23 heavy (non-hydrogen) atoms. The van der Waals surface area contributed by atoms with Gasteiger partial charge < -0.3 is 15.5 Å². The van der Waals surface area contributed by atoms with Crippen molar-refractivity contribution in [3.63, 3.8) is 0 Å². The Morgan fingerprint density at radius 1 is 1.30 bits per heavy atom. The molecule has 0 unspecified atom stereocenters. The monoisotopic (exact) mass is 337 g/mol. The van der Waals surface area contributed by atoms with Crippen LogP contribution in [0.1, 0.15) is 17.4 Å². The Kier molecular flexibility index (Phi) is 5.49. The number of aliphatic hydroxyl groups excluding tert-OH is 2. The Morgan fingerprint density at radius 2 is 1.96 bits per heavy atom. The molecule has 7 nitrogen and oxygen atoms in total. The third-order valence-electron chi connectivity index (χ3n) is 3.38. The fourth-order valence-corrected chi connectivity index (χ4v) is 2.26. The second-order valence-corrected chi connectivity index (χ2v) is 5.42. The van der Waals surface area contributed by atoms with Gasteiger partial charge in [-0.2, -0.15) is 0 Å². The normalized spacial score (nSPS) is 13.4. The summed E-state index contributed by atoms with van der Waals surface area (Å²) in [6, 6.07) is 8.64. The van der Waals surface area contributed by atoms with E-state index in [1.807, 2.05) is 0 Å². The molecule has 2 rings (SSSR count). The number of halogens is 1. The van der Waals surface area contributed by atoms with E-state index in [2.05, 4.69) is 10.3 Å². The number of aromatic nitrogens is 1. The molecule has 2 aromatic rings. The summed E-state index contributed by atoms with van der Waals surface area (Å²) in [4.78, 5) is 14.3. The number of rotatable bonds is 6. The molecule has 0 aliphatic rings. The van der Waals surface area contributed by atoms with Crippen LogP contribution in [0.4, 0.5) is 11.5 Å². The first-order valence-corrected chi connectivity index (χ1v) is 7.23. The van der Waals surface area contributed by atoms with E-state index in [-0.39, 0.29) is 18.0 Å². The average molecular weight is 338 g/mol. The van der Waals surface area contributed by atoms with E-state index in [1.54, 1.807) is 24.3 Å². The Morgan fingerprint density at radius 3 is 2.48 bits per heavy atom. The lowest BCUT2D eigenvalue weighted by molar-refractivity contribution is -0.385. The van der Waals surface area contributed by atoms with Crippen LogP contribution in [0.3, 0.4) is 0 Å².